The minimum Gasteiger partial charge on any atom is -0.497 e. The van der Waals surface area contributed by atoms with Gasteiger partial charge in [0.15, 0.2) is 0 Å². The van der Waals surface area contributed by atoms with E-state index in [9.17, 15) is 12.8 Å². The van der Waals surface area contributed by atoms with E-state index in [4.69, 9.17) is 9.47 Å². The van der Waals surface area contributed by atoms with Crippen LogP contribution in [-0.2, 0) is 16.6 Å². The van der Waals surface area contributed by atoms with Crippen LogP contribution in [0.3, 0.4) is 0 Å². The third-order valence-corrected chi connectivity index (χ3v) is 6.48. The first-order valence-corrected chi connectivity index (χ1v) is 10.8. The SMILES string of the molecule is COc1cc(CN(c2cccc(Br)c2)S(=O)(=O)c2cccc(F)c2)cc(OC)c1. The number of rotatable bonds is 7. The zero-order valence-corrected chi connectivity index (χ0v) is 18.2. The summed E-state index contributed by atoms with van der Waals surface area (Å²) in [5.41, 5.74) is 1.09. The fraction of sp³-hybridized carbons (Fsp3) is 0.143. The van der Waals surface area contributed by atoms with Crippen LogP contribution in [0.25, 0.3) is 0 Å². The maximum absolute atomic E-state index is 13.7. The number of benzene rings is 3. The van der Waals surface area contributed by atoms with Crippen molar-refractivity contribution in [2.24, 2.45) is 0 Å². The number of anilines is 1. The van der Waals surface area contributed by atoms with E-state index in [-0.39, 0.29) is 11.4 Å². The summed E-state index contributed by atoms with van der Waals surface area (Å²) in [6.45, 7) is 0.00284. The molecule has 0 aliphatic heterocycles. The second kappa shape index (κ2) is 8.84. The van der Waals surface area contributed by atoms with Gasteiger partial charge in [-0.25, -0.2) is 12.8 Å². The molecule has 0 unspecified atom stereocenters. The molecule has 0 bridgehead atoms. The average Bonchev–Trinajstić information content (AvgIpc) is 2.71. The molecule has 0 saturated carbocycles. The Morgan fingerprint density at radius 2 is 1.59 bits per heavy atom. The van der Waals surface area contributed by atoms with Gasteiger partial charge in [-0.3, -0.25) is 4.31 Å². The summed E-state index contributed by atoms with van der Waals surface area (Å²) in [7, 11) is -0.996. The van der Waals surface area contributed by atoms with Crippen molar-refractivity contribution < 1.29 is 22.3 Å². The monoisotopic (exact) mass is 479 g/mol. The molecule has 0 amide bonds. The Morgan fingerprint density at radius 3 is 2.17 bits per heavy atom. The van der Waals surface area contributed by atoms with Crippen LogP contribution in [0.4, 0.5) is 10.1 Å². The summed E-state index contributed by atoms with van der Waals surface area (Å²) in [5, 5.41) is 0. The molecule has 0 aliphatic carbocycles. The number of nitrogens with zero attached hydrogens (tertiary/aromatic N) is 1. The highest BCUT2D eigenvalue weighted by Gasteiger charge is 2.26. The summed E-state index contributed by atoms with van der Waals surface area (Å²) >= 11 is 3.37. The molecule has 0 atom stereocenters. The Bertz CT molecular complexity index is 1100. The van der Waals surface area contributed by atoms with Gasteiger partial charge < -0.3 is 9.47 Å². The molecule has 3 rings (SSSR count). The Hall–Kier alpha value is -2.58. The largest absolute Gasteiger partial charge is 0.497 e. The molecule has 8 heteroatoms. The standard InChI is InChI=1S/C21H19BrFNO4S/c1-27-19-9-15(10-20(13-19)28-2)14-24(18-7-3-5-16(22)11-18)29(25,26)21-8-4-6-17(23)12-21/h3-13H,14H2,1-2H3. The minimum absolute atomic E-state index is 0.00284. The highest BCUT2D eigenvalue weighted by molar-refractivity contribution is 9.10. The van der Waals surface area contributed by atoms with Gasteiger partial charge in [-0.15, -0.1) is 0 Å². The first-order chi connectivity index (χ1) is 13.8. The number of halogens is 2. The second-order valence-corrected chi connectivity index (χ2v) is 8.95. The van der Waals surface area contributed by atoms with Crippen LogP contribution in [-0.4, -0.2) is 22.6 Å². The van der Waals surface area contributed by atoms with E-state index >= 15 is 0 Å². The molecule has 5 nitrogen and oxygen atoms in total. The maximum atomic E-state index is 13.7. The quantitative estimate of drug-likeness (QED) is 0.478. The summed E-state index contributed by atoms with van der Waals surface area (Å²) in [6.07, 6.45) is 0. The number of sulfonamides is 1. The summed E-state index contributed by atoms with van der Waals surface area (Å²) < 4.78 is 53.0. The fourth-order valence-electron chi connectivity index (χ4n) is 2.82. The van der Waals surface area contributed by atoms with E-state index in [0.717, 1.165) is 10.5 Å². The van der Waals surface area contributed by atoms with E-state index in [1.807, 2.05) is 0 Å². The molecular formula is C21H19BrFNO4S. The molecule has 29 heavy (non-hydrogen) atoms. The number of ether oxygens (including phenoxy) is 2. The van der Waals surface area contributed by atoms with E-state index in [2.05, 4.69) is 15.9 Å². The van der Waals surface area contributed by atoms with E-state index in [0.29, 0.717) is 22.7 Å². The highest BCUT2D eigenvalue weighted by atomic mass is 79.9. The predicted octanol–water partition coefficient (Wildman–Crippen LogP) is 5.00. The van der Waals surface area contributed by atoms with Crippen molar-refractivity contribution in [3.8, 4) is 11.5 Å². The smallest absolute Gasteiger partial charge is 0.264 e. The Balaban J connectivity index is 2.12. The Morgan fingerprint density at radius 1 is 0.931 bits per heavy atom. The van der Waals surface area contributed by atoms with Crippen molar-refractivity contribution in [3.05, 3.63) is 82.6 Å². The van der Waals surface area contributed by atoms with Crippen LogP contribution in [0.15, 0.2) is 76.1 Å². The van der Waals surface area contributed by atoms with Gasteiger partial charge in [0.05, 0.1) is 31.3 Å². The van der Waals surface area contributed by atoms with Gasteiger partial charge in [0.25, 0.3) is 10.0 Å². The summed E-state index contributed by atoms with van der Waals surface area (Å²) in [6, 6.07) is 17.0. The maximum Gasteiger partial charge on any atom is 0.264 e. The molecule has 3 aromatic rings. The molecule has 0 N–H and O–H groups in total. The van der Waals surface area contributed by atoms with Gasteiger partial charge in [-0.2, -0.15) is 0 Å². The van der Waals surface area contributed by atoms with Crippen molar-refractivity contribution in [1.82, 2.24) is 0 Å². The van der Waals surface area contributed by atoms with Crippen LogP contribution < -0.4 is 13.8 Å². The number of hydrogen-bond donors (Lipinski definition) is 0. The average molecular weight is 480 g/mol. The third-order valence-electron chi connectivity index (χ3n) is 4.22. The first-order valence-electron chi connectivity index (χ1n) is 8.59. The van der Waals surface area contributed by atoms with Crippen LogP contribution in [0, 0.1) is 5.82 Å². The van der Waals surface area contributed by atoms with Crippen molar-refractivity contribution >= 4 is 31.6 Å². The molecule has 0 spiro atoms. The summed E-state index contributed by atoms with van der Waals surface area (Å²) in [5.74, 6) is 0.455. The lowest BCUT2D eigenvalue weighted by atomic mass is 10.2. The highest BCUT2D eigenvalue weighted by Crippen LogP contribution is 2.30. The molecule has 152 valence electrons. The lowest BCUT2D eigenvalue weighted by molar-refractivity contribution is 0.393. The Kier molecular flexibility index (Phi) is 6.44. The van der Waals surface area contributed by atoms with Gasteiger partial charge in [-0.1, -0.05) is 28.1 Å². The van der Waals surface area contributed by atoms with Crippen molar-refractivity contribution in [2.75, 3.05) is 18.5 Å². The van der Waals surface area contributed by atoms with Gasteiger partial charge in [0.2, 0.25) is 0 Å². The van der Waals surface area contributed by atoms with Crippen molar-refractivity contribution in [3.63, 3.8) is 0 Å². The fourth-order valence-corrected chi connectivity index (χ4v) is 4.69. The minimum atomic E-state index is -4.04. The second-order valence-electron chi connectivity index (χ2n) is 6.17. The zero-order valence-electron chi connectivity index (χ0n) is 15.8. The lowest BCUT2D eigenvalue weighted by Gasteiger charge is -2.25. The normalized spacial score (nSPS) is 11.2. The van der Waals surface area contributed by atoms with Gasteiger partial charge in [0.1, 0.15) is 17.3 Å². The molecule has 0 fully saturated rings. The number of methoxy groups -OCH3 is 2. The predicted molar refractivity (Wildman–Crippen MR) is 113 cm³/mol. The van der Waals surface area contributed by atoms with E-state index in [1.54, 1.807) is 42.5 Å². The van der Waals surface area contributed by atoms with Gasteiger partial charge in [0, 0.05) is 10.5 Å². The number of hydrogen-bond acceptors (Lipinski definition) is 4. The van der Waals surface area contributed by atoms with Crippen molar-refractivity contribution in [1.29, 1.82) is 0 Å². The van der Waals surface area contributed by atoms with E-state index in [1.165, 1.54) is 36.7 Å². The lowest BCUT2D eigenvalue weighted by Crippen LogP contribution is -2.30. The molecule has 3 aromatic carbocycles. The molecule has 0 heterocycles. The van der Waals surface area contributed by atoms with Crippen molar-refractivity contribution in [2.45, 2.75) is 11.4 Å². The molecule has 0 aliphatic rings. The van der Waals surface area contributed by atoms with Gasteiger partial charge in [-0.05, 0) is 54.1 Å². The topological polar surface area (TPSA) is 55.8 Å². The molecular weight excluding hydrogens is 461 g/mol. The molecule has 0 saturated heterocycles. The van der Waals surface area contributed by atoms with Gasteiger partial charge >= 0.3 is 0 Å². The van der Waals surface area contributed by atoms with E-state index < -0.39 is 15.8 Å². The molecule has 0 radical (unpaired) electrons. The summed E-state index contributed by atoms with van der Waals surface area (Å²) in [4.78, 5) is -0.132. The molecule has 0 aromatic heterocycles. The Labute approximate surface area is 177 Å². The van der Waals surface area contributed by atoms with Crippen LogP contribution in [0.1, 0.15) is 5.56 Å². The zero-order chi connectivity index (χ0) is 21.0. The van der Waals surface area contributed by atoms with Crippen LogP contribution in [0.5, 0.6) is 11.5 Å². The first kappa shape index (κ1) is 21.1. The van der Waals surface area contributed by atoms with Crippen LogP contribution in [0.2, 0.25) is 0 Å². The van der Waals surface area contributed by atoms with Crippen LogP contribution >= 0.6 is 15.9 Å². The third kappa shape index (κ3) is 4.89.